The molecular weight excluding hydrogens is 804 g/mol. The second-order valence-corrected chi connectivity index (χ2v) is 14.4. The Morgan fingerprint density at radius 2 is 1.29 bits per heavy atom. The summed E-state index contributed by atoms with van der Waals surface area (Å²) < 4.78 is 31.9. The normalized spacial score (nSPS) is 22.8. The number of phenols is 2. The molecule has 1 aliphatic carbocycles. The molecule has 0 amide bonds. The minimum absolute atomic E-state index is 0.00764. The number of fused-ring (bicyclic) bond motifs is 1. The molecule has 1 aromatic carbocycles. The summed E-state index contributed by atoms with van der Waals surface area (Å²) in [6, 6.07) is 0. The van der Waals surface area contributed by atoms with Crippen molar-refractivity contribution in [2.45, 2.75) is 141 Å². The molecule has 0 spiro atoms. The smallest absolute Gasteiger partial charge is 0.302 e. The van der Waals surface area contributed by atoms with Gasteiger partial charge in [0.2, 0.25) is 0 Å². The van der Waals surface area contributed by atoms with Crippen molar-refractivity contribution in [1.82, 2.24) is 0 Å². The predicted molar refractivity (Wildman–Crippen MR) is 209 cm³/mol. The molecule has 4 rings (SSSR count). The van der Waals surface area contributed by atoms with E-state index in [0.717, 1.165) is 32.5 Å². The zero-order valence-electron chi connectivity index (χ0n) is 35.0. The van der Waals surface area contributed by atoms with Gasteiger partial charge in [0.15, 0.2) is 5.78 Å². The predicted octanol–water partition coefficient (Wildman–Crippen LogP) is 3.95. The molecule has 0 saturated carbocycles. The van der Waals surface area contributed by atoms with Crippen LogP contribution in [0.25, 0.3) is 0 Å². The number of aliphatic carboxylic acids is 3. The topological polar surface area (TPSA) is 296 Å². The molecule has 2 saturated heterocycles. The van der Waals surface area contributed by atoms with Gasteiger partial charge in [0.25, 0.3) is 17.9 Å². The zero-order valence-corrected chi connectivity index (χ0v) is 35.8. The molecule has 2 fully saturated rings. The maximum absolute atomic E-state index is 12.9. The Bertz CT molecular complexity index is 1600. The molecule has 334 valence electrons. The first kappa shape index (κ1) is 54.2. The van der Waals surface area contributed by atoms with Gasteiger partial charge in [0.05, 0.1) is 34.9 Å². The highest BCUT2D eigenvalue weighted by Gasteiger charge is 2.37. The molecule has 3 aliphatic rings. The lowest BCUT2D eigenvalue weighted by molar-refractivity contribution is -0.185. The fourth-order valence-electron chi connectivity index (χ4n) is 5.74. The Morgan fingerprint density at radius 1 is 0.797 bits per heavy atom. The molecule has 59 heavy (non-hydrogen) atoms. The number of carbonyl (C=O) groups is 7. The molecule has 19 nitrogen and oxygen atoms in total. The van der Waals surface area contributed by atoms with E-state index in [0.29, 0.717) is 53.7 Å². The van der Waals surface area contributed by atoms with Crippen molar-refractivity contribution in [2.24, 2.45) is 0 Å². The van der Waals surface area contributed by atoms with Crippen LogP contribution in [0, 0.1) is 6.92 Å². The number of thioether (sulfide) groups is 1. The molecule has 1 aromatic rings. The highest BCUT2D eigenvalue weighted by atomic mass is 32.2. The Hall–Kier alpha value is -4.76. The quantitative estimate of drug-likeness (QED) is 0.116. The van der Waals surface area contributed by atoms with Crippen molar-refractivity contribution >= 4 is 53.4 Å². The van der Waals surface area contributed by atoms with E-state index < -0.39 is 53.6 Å². The van der Waals surface area contributed by atoms with Crippen LogP contribution >= 0.6 is 11.8 Å². The van der Waals surface area contributed by atoms with Crippen molar-refractivity contribution in [3.8, 4) is 11.5 Å². The minimum atomic E-state index is -0.833. The van der Waals surface area contributed by atoms with E-state index in [4.69, 9.17) is 58.1 Å². The van der Waals surface area contributed by atoms with Gasteiger partial charge in [-0.2, -0.15) is 0 Å². The molecule has 2 heterocycles. The Balaban J connectivity index is 0.00000102. The molecule has 0 bridgehead atoms. The van der Waals surface area contributed by atoms with Gasteiger partial charge in [-0.25, -0.2) is 0 Å². The van der Waals surface area contributed by atoms with Crippen LogP contribution in [0.5, 0.6) is 11.5 Å². The number of phenolic OH excluding ortho intramolecular Hbond substituents is 2. The van der Waals surface area contributed by atoms with Gasteiger partial charge < -0.3 is 59.1 Å². The van der Waals surface area contributed by atoms with Crippen LogP contribution in [0.2, 0.25) is 0 Å². The number of allylic oxidation sites excluding steroid dienone is 2. The Labute approximate surface area is 346 Å². The molecular formula is C39H58O19S. The zero-order chi connectivity index (χ0) is 45.7. The Morgan fingerprint density at radius 3 is 1.73 bits per heavy atom. The molecule has 0 aromatic heterocycles. The van der Waals surface area contributed by atoms with Crippen LogP contribution in [-0.2, 0) is 63.6 Å². The first-order chi connectivity index (χ1) is 27.4. The van der Waals surface area contributed by atoms with Gasteiger partial charge >= 0.3 is 17.9 Å². The van der Waals surface area contributed by atoms with Crippen LogP contribution in [0.3, 0.4) is 0 Å². The summed E-state index contributed by atoms with van der Waals surface area (Å²) in [5, 5.41) is 53.7. The van der Waals surface area contributed by atoms with Gasteiger partial charge in [0.1, 0.15) is 42.4 Å². The van der Waals surface area contributed by atoms with Crippen LogP contribution in [0.1, 0.15) is 103 Å². The lowest BCUT2D eigenvalue weighted by atomic mass is 9.86. The number of carbonyl (C=O) groups excluding carboxylic acids is 4. The van der Waals surface area contributed by atoms with Crippen LogP contribution in [0.15, 0.2) is 16.5 Å². The number of hydrogen-bond acceptors (Lipinski definition) is 17. The molecule has 20 heteroatoms. The van der Waals surface area contributed by atoms with Gasteiger partial charge in [-0.05, 0) is 32.3 Å². The second kappa shape index (κ2) is 27.1. The van der Waals surface area contributed by atoms with Gasteiger partial charge in [-0.1, -0.05) is 24.8 Å². The summed E-state index contributed by atoms with van der Waals surface area (Å²) in [4.78, 5) is 73.5. The third kappa shape index (κ3) is 20.7. The summed E-state index contributed by atoms with van der Waals surface area (Å²) in [5.41, 5.74) is 1.02. The summed E-state index contributed by atoms with van der Waals surface area (Å²) >= 11 is 1.15. The summed E-state index contributed by atoms with van der Waals surface area (Å²) in [7, 11) is 1.55. The molecule has 7 atom stereocenters. The van der Waals surface area contributed by atoms with Gasteiger partial charge in [0, 0.05) is 79.0 Å². The summed E-state index contributed by atoms with van der Waals surface area (Å²) in [6.45, 7) is 12.8. The first-order valence-corrected chi connectivity index (χ1v) is 19.3. The van der Waals surface area contributed by atoms with Crippen LogP contribution < -0.4 is 0 Å². The number of esters is 3. The number of rotatable bonds is 9. The number of aliphatic hydroxyl groups is 1. The van der Waals surface area contributed by atoms with Gasteiger partial charge in [-0.3, -0.25) is 33.6 Å². The maximum atomic E-state index is 12.9. The van der Waals surface area contributed by atoms with Crippen molar-refractivity contribution in [3.05, 3.63) is 28.3 Å². The van der Waals surface area contributed by atoms with Crippen molar-refractivity contribution in [1.29, 1.82) is 0 Å². The standard InChI is InChI=1S/C23H28O8S.C10H18O5.3C2H4O2/c1-5-14-6-7-17-19(21(14)27)22(28)23(11(2)20(17)26)32-18-9-15(30-13(4)25)8-16(31-18)10-29-12(3)24;1-6-10(12)9(13-3)4-8(15-6)5-14-7(2)11;3*1-2(3)4/h6,15-16,18,26,28H,5,7-10H2,1-4H3;6,8-10,12H,4-5H2,1-3H3;3*1H3,(H,3,4). The third-order valence-corrected chi connectivity index (χ3v) is 9.41. The molecule has 6 N–H and O–H groups in total. The van der Waals surface area contributed by atoms with E-state index in [2.05, 4.69) is 0 Å². The van der Waals surface area contributed by atoms with Gasteiger partial charge in [-0.15, -0.1) is 0 Å². The van der Waals surface area contributed by atoms with E-state index in [1.807, 2.05) is 6.92 Å². The highest BCUT2D eigenvalue weighted by Crippen LogP contribution is 2.48. The van der Waals surface area contributed by atoms with Crippen molar-refractivity contribution in [2.75, 3.05) is 20.3 Å². The average molecular weight is 863 g/mol. The van der Waals surface area contributed by atoms with Crippen LogP contribution in [-0.4, -0.2) is 135 Å². The monoisotopic (exact) mass is 862 g/mol. The van der Waals surface area contributed by atoms with Crippen LogP contribution in [0.4, 0.5) is 0 Å². The molecule has 2 aliphatic heterocycles. The summed E-state index contributed by atoms with van der Waals surface area (Å²) in [6.07, 6.45) is 1.59. The van der Waals surface area contributed by atoms with E-state index in [1.54, 1.807) is 27.0 Å². The fourth-order valence-corrected chi connectivity index (χ4v) is 7.01. The number of ether oxygens (including phenoxy) is 6. The number of carboxylic acid groups (broad SMARTS) is 3. The summed E-state index contributed by atoms with van der Waals surface area (Å²) in [5.74, 6) is -4.20. The van der Waals surface area contributed by atoms with Crippen molar-refractivity contribution in [3.63, 3.8) is 0 Å². The average Bonchev–Trinajstić information content (AvgIpc) is 3.11. The van der Waals surface area contributed by atoms with E-state index >= 15 is 0 Å². The maximum Gasteiger partial charge on any atom is 0.302 e. The molecule has 7 unspecified atom stereocenters. The lowest BCUT2D eigenvalue weighted by Gasteiger charge is -2.36. The molecule has 0 radical (unpaired) electrons. The second-order valence-electron chi connectivity index (χ2n) is 13.3. The van der Waals surface area contributed by atoms with Crippen molar-refractivity contribution < 1.29 is 92.6 Å². The number of aromatic hydroxyl groups is 2. The SMILES string of the molecule is CC(=O)O.CC(=O)O.CC(=O)O.CCC1=CCc2c(O)c(C)c(SC3CC(OC(C)=O)CC(COC(C)=O)O3)c(O)c2C1=O.COC1CC(COC(C)=O)OC(C)C1O. The number of methoxy groups -OCH3 is 1. The minimum Gasteiger partial charge on any atom is -0.507 e. The largest absolute Gasteiger partial charge is 0.507 e. The fraction of sp³-hybridized carbons (Fsp3) is 0.615. The van der Waals surface area contributed by atoms with E-state index in [9.17, 15) is 34.5 Å². The number of Topliss-reactive ketones (excluding diaryl/α,β-unsaturated/α-hetero) is 1. The first-order valence-electron chi connectivity index (χ1n) is 18.4. The number of benzene rings is 1. The number of ketones is 1. The van der Waals surface area contributed by atoms with E-state index in [1.165, 1.54) is 20.8 Å². The third-order valence-electron chi connectivity index (χ3n) is 8.11. The van der Waals surface area contributed by atoms with E-state index in [-0.39, 0.29) is 60.3 Å². The highest BCUT2D eigenvalue weighted by molar-refractivity contribution is 8.00. The Kier molecular flexibility index (Phi) is 24.9. The number of carboxylic acids is 3. The number of hydrogen-bond donors (Lipinski definition) is 6. The lowest BCUT2D eigenvalue weighted by Crippen LogP contribution is -2.49. The number of aliphatic hydroxyl groups excluding tert-OH is 1.